The smallest absolute Gasteiger partial charge is 0.338 e. The Morgan fingerprint density at radius 2 is 0.721 bits per heavy atom. The molecule has 0 aliphatic carbocycles. The van der Waals surface area contributed by atoms with Crippen molar-refractivity contribution in [3.05, 3.63) is 106 Å². The minimum Gasteiger partial charge on any atom is -0.460 e. The number of carbonyl (C=O) groups is 5. The molecule has 0 fully saturated rings. The Morgan fingerprint density at radius 1 is 0.465 bits per heavy atom. The normalized spacial score (nSPS) is 10.4. The van der Waals surface area contributed by atoms with Gasteiger partial charge < -0.3 is 33.5 Å². The third kappa shape index (κ3) is 10.4. The zero-order chi connectivity index (χ0) is 31.0. The molecule has 1 N–H and O–H groups in total. The summed E-state index contributed by atoms with van der Waals surface area (Å²) < 4.78 is 30.2. The van der Waals surface area contributed by atoms with Gasteiger partial charge in [0.25, 0.3) is 0 Å². The van der Waals surface area contributed by atoms with Crippen LogP contribution in [0.25, 0.3) is 0 Å². The summed E-state index contributed by atoms with van der Waals surface area (Å²) in [5, 5.41) is 8.70. The van der Waals surface area contributed by atoms with Crippen molar-refractivity contribution in [1.29, 1.82) is 0 Å². The Kier molecular flexibility index (Phi) is 12.8. The van der Waals surface area contributed by atoms with Crippen LogP contribution in [0.15, 0.2) is 72.8 Å². The summed E-state index contributed by atoms with van der Waals surface area (Å²) in [6.07, 6.45) is 0. The minimum absolute atomic E-state index is 0.134. The molecule has 0 spiro atoms. The fourth-order valence-electron chi connectivity index (χ4n) is 3.48. The third-order valence-electron chi connectivity index (χ3n) is 5.64. The summed E-state index contributed by atoms with van der Waals surface area (Å²) in [7, 11) is 1.58. The lowest BCUT2D eigenvalue weighted by Gasteiger charge is -2.08. The lowest BCUT2D eigenvalue weighted by atomic mass is 10.1. The van der Waals surface area contributed by atoms with Crippen LogP contribution in [0.5, 0.6) is 0 Å². The van der Waals surface area contributed by atoms with Gasteiger partial charge in [-0.15, -0.1) is 0 Å². The van der Waals surface area contributed by atoms with Crippen molar-refractivity contribution >= 4 is 29.8 Å². The Balaban J connectivity index is 1.34. The number of rotatable bonds is 15. The number of carbonyl (C=O) groups excluding carboxylic acids is 5. The lowest BCUT2D eigenvalue weighted by Crippen LogP contribution is -2.15. The van der Waals surface area contributed by atoms with Crippen LogP contribution < -0.4 is 0 Å². The highest BCUT2D eigenvalue weighted by Crippen LogP contribution is 2.10. The van der Waals surface area contributed by atoms with Gasteiger partial charge in [0.2, 0.25) is 0 Å². The second-order valence-electron chi connectivity index (χ2n) is 8.69. The molecule has 3 rings (SSSR count). The molecule has 43 heavy (non-hydrogen) atoms. The van der Waals surface area contributed by atoms with Gasteiger partial charge in [-0.25, -0.2) is 24.0 Å². The molecule has 3 aromatic carbocycles. The van der Waals surface area contributed by atoms with Gasteiger partial charge in [0.15, 0.2) is 0 Å². The SMILES string of the molecule is COCc1ccc(C(=O)OCCOC(=O)c2ccc(C(=O)OCCOC(=O)c3ccc(C(=O)OCCO)cc3)cc2)cc1. The van der Waals surface area contributed by atoms with Crippen molar-refractivity contribution in [2.45, 2.75) is 6.61 Å². The highest BCUT2D eigenvalue weighted by atomic mass is 16.6. The van der Waals surface area contributed by atoms with Gasteiger partial charge in [-0.05, 0) is 66.2 Å². The second-order valence-corrected chi connectivity index (χ2v) is 8.69. The Hall–Kier alpha value is -5.07. The average molecular weight is 595 g/mol. The molecule has 0 radical (unpaired) electrons. The molecule has 0 amide bonds. The fourth-order valence-corrected chi connectivity index (χ4v) is 3.48. The topological polar surface area (TPSA) is 161 Å². The molecule has 0 aliphatic heterocycles. The van der Waals surface area contributed by atoms with Crippen molar-refractivity contribution in [1.82, 2.24) is 0 Å². The van der Waals surface area contributed by atoms with Crippen LogP contribution >= 0.6 is 0 Å². The standard InChI is InChI=1S/C31H30O12/c1-38-20-21-2-4-22(5-3-21)28(34)40-16-17-41-30(36)25-10-12-26(13-11-25)31(37)43-19-18-42-29(35)24-8-6-23(7-9-24)27(33)39-15-14-32/h2-13,32H,14-20H2,1H3. The van der Waals surface area contributed by atoms with E-state index >= 15 is 0 Å². The summed E-state index contributed by atoms with van der Waals surface area (Å²) in [5.74, 6) is -3.22. The highest BCUT2D eigenvalue weighted by Gasteiger charge is 2.14. The van der Waals surface area contributed by atoms with Crippen LogP contribution in [-0.4, -0.2) is 81.7 Å². The van der Waals surface area contributed by atoms with Crippen molar-refractivity contribution in [2.24, 2.45) is 0 Å². The van der Waals surface area contributed by atoms with Crippen LogP contribution in [0.1, 0.15) is 57.4 Å². The first-order valence-electron chi connectivity index (χ1n) is 13.1. The Labute approximate surface area is 247 Å². The molecular weight excluding hydrogens is 564 g/mol. The number of aliphatic hydroxyl groups excluding tert-OH is 1. The van der Waals surface area contributed by atoms with Gasteiger partial charge in [-0.3, -0.25) is 0 Å². The van der Waals surface area contributed by atoms with Gasteiger partial charge in [-0.2, -0.15) is 0 Å². The van der Waals surface area contributed by atoms with E-state index in [4.69, 9.17) is 33.5 Å². The first kappa shape index (κ1) is 32.4. The van der Waals surface area contributed by atoms with Crippen LogP contribution in [0.4, 0.5) is 0 Å². The molecule has 0 saturated carbocycles. The van der Waals surface area contributed by atoms with E-state index in [1.165, 1.54) is 48.5 Å². The first-order valence-corrected chi connectivity index (χ1v) is 13.1. The molecule has 0 heterocycles. The molecule has 3 aromatic rings. The summed E-state index contributed by atoms with van der Waals surface area (Å²) >= 11 is 0. The van der Waals surface area contributed by atoms with Gasteiger partial charge in [0, 0.05) is 7.11 Å². The van der Waals surface area contributed by atoms with Crippen molar-refractivity contribution in [3.63, 3.8) is 0 Å². The first-order chi connectivity index (χ1) is 20.8. The monoisotopic (exact) mass is 594 g/mol. The molecule has 0 saturated heterocycles. The van der Waals surface area contributed by atoms with Gasteiger partial charge in [0.1, 0.15) is 33.0 Å². The summed E-state index contributed by atoms with van der Waals surface area (Å²) in [5.41, 5.74) is 2.00. The van der Waals surface area contributed by atoms with E-state index in [2.05, 4.69) is 0 Å². The number of esters is 5. The molecular formula is C31H30O12. The van der Waals surface area contributed by atoms with Gasteiger partial charge >= 0.3 is 29.8 Å². The Morgan fingerprint density at radius 3 is 0.977 bits per heavy atom. The molecule has 0 atom stereocenters. The predicted molar refractivity (Wildman–Crippen MR) is 149 cm³/mol. The van der Waals surface area contributed by atoms with Crippen LogP contribution in [0.3, 0.4) is 0 Å². The van der Waals surface area contributed by atoms with Crippen molar-refractivity contribution in [2.75, 3.05) is 46.8 Å². The molecule has 12 nitrogen and oxygen atoms in total. The average Bonchev–Trinajstić information content (AvgIpc) is 3.04. The van der Waals surface area contributed by atoms with E-state index < -0.39 is 29.8 Å². The number of methoxy groups -OCH3 is 1. The third-order valence-corrected chi connectivity index (χ3v) is 5.64. The number of ether oxygens (including phenoxy) is 6. The molecule has 0 aromatic heterocycles. The van der Waals surface area contributed by atoms with E-state index in [0.717, 1.165) is 5.56 Å². The van der Waals surface area contributed by atoms with E-state index in [1.54, 1.807) is 31.4 Å². The maximum atomic E-state index is 12.3. The van der Waals surface area contributed by atoms with E-state index in [0.29, 0.717) is 12.2 Å². The van der Waals surface area contributed by atoms with E-state index in [9.17, 15) is 24.0 Å². The molecule has 0 bridgehead atoms. The maximum absolute atomic E-state index is 12.3. The second kappa shape index (κ2) is 17.0. The van der Waals surface area contributed by atoms with Crippen LogP contribution in [0, 0.1) is 0 Å². The molecule has 12 heteroatoms. The molecule has 0 aliphatic rings. The van der Waals surface area contributed by atoms with E-state index in [1.807, 2.05) is 0 Å². The van der Waals surface area contributed by atoms with Crippen molar-refractivity contribution < 1.29 is 57.5 Å². The van der Waals surface area contributed by atoms with Gasteiger partial charge in [-0.1, -0.05) is 12.1 Å². The van der Waals surface area contributed by atoms with Crippen LogP contribution in [0.2, 0.25) is 0 Å². The maximum Gasteiger partial charge on any atom is 0.338 e. The van der Waals surface area contributed by atoms with E-state index in [-0.39, 0.29) is 61.9 Å². The predicted octanol–water partition coefficient (Wildman–Crippen LogP) is 3.01. The Bertz CT molecular complexity index is 1380. The zero-order valence-corrected chi connectivity index (χ0v) is 23.3. The van der Waals surface area contributed by atoms with Crippen LogP contribution in [-0.2, 0) is 35.0 Å². The minimum atomic E-state index is -0.691. The zero-order valence-electron chi connectivity index (χ0n) is 23.3. The quantitative estimate of drug-likeness (QED) is 0.156. The largest absolute Gasteiger partial charge is 0.460 e. The summed E-state index contributed by atoms with van der Waals surface area (Å²) in [4.78, 5) is 60.5. The van der Waals surface area contributed by atoms with Gasteiger partial charge in [0.05, 0.1) is 41.0 Å². The lowest BCUT2D eigenvalue weighted by molar-refractivity contribution is 0.0263. The summed E-state index contributed by atoms with van der Waals surface area (Å²) in [6, 6.07) is 17.8. The fraction of sp³-hybridized carbons (Fsp3) is 0.258. The number of hydrogen-bond donors (Lipinski definition) is 1. The number of benzene rings is 3. The molecule has 226 valence electrons. The number of hydrogen-bond acceptors (Lipinski definition) is 12. The molecule has 0 unspecified atom stereocenters. The number of aliphatic hydroxyl groups is 1. The summed E-state index contributed by atoms with van der Waals surface area (Å²) in [6.45, 7) is -0.713. The van der Waals surface area contributed by atoms with Crippen molar-refractivity contribution in [3.8, 4) is 0 Å². The highest BCUT2D eigenvalue weighted by molar-refractivity contribution is 5.94.